The van der Waals surface area contributed by atoms with Crippen molar-refractivity contribution in [3.05, 3.63) is 11.6 Å². The molecule has 0 aromatic heterocycles. The zero-order valence-electron chi connectivity index (χ0n) is 13.4. The van der Waals surface area contributed by atoms with E-state index in [9.17, 15) is 0 Å². The normalized spacial score (nSPS) is 51.4. The van der Waals surface area contributed by atoms with Crippen molar-refractivity contribution in [3.63, 3.8) is 0 Å². The highest BCUT2D eigenvalue weighted by molar-refractivity contribution is 5.26. The summed E-state index contributed by atoms with van der Waals surface area (Å²) in [6.45, 7) is 7.08. The first kappa shape index (κ1) is 14.6. The second kappa shape index (κ2) is 4.82. The van der Waals surface area contributed by atoms with Crippen molar-refractivity contribution in [1.29, 1.82) is 0 Å². The Morgan fingerprint density at radius 2 is 2.05 bits per heavy atom. The summed E-state index contributed by atoms with van der Waals surface area (Å²) in [4.78, 5) is 0. The number of hydrogen-bond donors (Lipinski definition) is 0. The fourth-order valence-electron chi connectivity index (χ4n) is 5.22. The quantitative estimate of drug-likeness (QED) is 0.721. The summed E-state index contributed by atoms with van der Waals surface area (Å²) in [5, 5.41) is 0. The van der Waals surface area contributed by atoms with E-state index in [-0.39, 0.29) is 11.7 Å². The van der Waals surface area contributed by atoms with Crippen LogP contribution in [0.1, 0.15) is 46.5 Å². The van der Waals surface area contributed by atoms with Gasteiger partial charge in [0.2, 0.25) is 0 Å². The molecule has 0 aromatic carbocycles. The molecule has 6 atom stereocenters. The molecule has 3 rings (SSSR count). The van der Waals surface area contributed by atoms with E-state index in [1.165, 1.54) is 12.8 Å². The van der Waals surface area contributed by atoms with Crippen molar-refractivity contribution in [2.75, 3.05) is 14.2 Å². The lowest BCUT2D eigenvalue weighted by molar-refractivity contribution is -0.286. The van der Waals surface area contributed by atoms with Gasteiger partial charge in [-0.25, -0.2) is 0 Å². The van der Waals surface area contributed by atoms with E-state index in [1.807, 2.05) is 0 Å². The van der Waals surface area contributed by atoms with Crippen LogP contribution < -0.4 is 0 Å². The maximum Gasteiger partial charge on any atom is 0.175 e. The summed E-state index contributed by atoms with van der Waals surface area (Å²) in [5.74, 6) is 0.941. The fraction of sp³-hybridized carbons (Fsp3) is 0.882. The van der Waals surface area contributed by atoms with Gasteiger partial charge in [-0.2, -0.15) is 0 Å². The molecule has 0 radical (unpaired) electrons. The second-order valence-electron chi connectivity index (χ2n) is 7.07. The van der Waals surface area contributed by atoms with Crippen LogP contribution in [0.3, 0.4) is 0 Å². The Balaban J connectivity index is 2.08. The third kappa shape index (κ3) is 1.69. The highest BCUT2D eigenvalue weighted by atomic mass is 16.8. The molecular weight excluding hydrogens is 252 g/mol. The summed E-state index contributed by atoms with van der Waals surface area (Å²) in [6, 6.07) is 0. The van der Waals surface area contributed by atoms with E-state index in [0.29, 0.717) is 17.8 Å². The van der Waals surface area contributed by atoms with E-state index in [4.69, 9.17) is 14.2 Å². The van der Waals surface area contributed by atoms with E-state index in [2.05, 4.69) is 26.8 Å². The SMILES string of the molecule is CO[C@@H]1O[C@@]2(OC)CCC3=CCC[C@H](C)[C@@]3(C)[C@H]2[C@H]1C. The molecule has 0 amide bonds. The second-order valence-corrected chi connectivity index (χ2v) is 7.07. The van der Waals surface area contributed by atoms with Gasteiger partial charge in [0.05, 0.1) is 0 Å². The molecule has 3 heteroatoms. The fourth-order valence-corrected chi connectivity index (χ4v) is 5.22. The first-order valence-corrected chi connectivity index (χ1v) is 7.95. The number of fused-ring (bicyclic) bond motifs is 3. The average molecular weight is 280 g/mol. The third-order valence-electron chi connectivity index (χ3n) is 6.42. The zero-order chi connectivity index (χ0) is 14.5. The Labute approximate surface area is 122 Å². The predicted molar refractivity (Wildman–Crippen MR) is 78.1 cm³/mol. The monoisotopic (exact) mass is 280 g/mol. The Kier molecular flexibility index (Phi) is 3.51. The Bertz CT molecular complexity index is 418. The predicted octanol–water partition coefficient (Wildman–Crippen LogP) is 3.74. The molecule has 1 heterocycles. The van der Waals surface area contributed by atoms with E-state index >= 15 is 0 Å². The van der Waals surface area contributed by atoms with Gasteiger partial charge in [-0.15, -0.1) is 0 Å². The lowest BCUT2D eigenvalue weighted by Gasteiger charge is -2.55. The molecule has 0 aromatic rings. The molecule has 114 valence electrons. The Morgan fingerprint density at radius 1 is 1.30 bits per heavy atom. The van der Waals surface area contributed by atoms with Crippen LogP contribution in [0, 0.1) is 23.2 Å². The summed E-state index contributed by atoms with van der Waals surface area (Å²) >= 11 is 0. The van der Waals surface area contributed by atoms with Gasteiger partial charge in [0.1, 0.15) is 0 Å². The van der Waals surface area contributed by atoms with Gasteiger partial charge in [-0.05, 0) is 30.6 Å². The van der Waals surface area contributed by atoms with E-state index in [0.717, 1.165) is 12.8 Å². The van der Waals surface area contributed by atoms with Crippen LogP contribution in [0.25, 0.3) is 0 Å². The summed E-state index contributed by atoms with van der Waals surface area (Å²) in [6.07, 6.45) is 6.86. The number of hydrogen-bond acceptors (Lipinski definition) is 3. The van der Waals surface area contributed by atoms with Crippen LogP contribution in [0.5, 0.6) is 0 Å². The van der Waals surface area contributed by atoms with Gasteiger partial charge in [-0.3, -0.25) is 0 Å². The van der Waals surface area contributed by atoms with Crippen molar-refractivity contribution >= 4 is 0 Å². The number of ether oxygens (including phenoxy) is 3. The molecule has 1 saturated heterocycles. The maximum atomic E-state index is 6.25. The Hall–Kier alpha value is -0.380. The molecule has 2 fully saturated rings. The van der Waals surface area contributed by atoms with Crippen molar-refractivity contribution < 1.29 is 14.2 Å². The topological polar surface area (TPSA) is 27.7 Å². The number of allylic oxidation sites excluding steroid dienone is 2. The smallest absolute Gasteiger partial charge is 0.175 e. The lowest BCUT2D eigenvalue weighted by Crippen LogP contribution is -2.54. The van der Waals surface area contributed by atoms with Gasteiger partial charge < -0.3 is 14.2 Å². The minimum atomic E-state index is -0.461. The average Bonchev–Trinajstić information content (AvgIpc) is 2.75. The third-order valence-corrected chi connectivity index (χ3v) is 6.42. The Morgan fingerprint density at radius 3 is 2.70 bits per heavy atom. The number of methoxy groups -OCH3 is 2. The van der Waals surface area contributed by atoms with Crippen LogP contribution in [-0.4, -0.2) is 26.3 Å². The zero-order valence-corrected chi connectivity index (χ0v) is 13.4. The molecule has 3 nitrogen and oxygen atoms in total. The van der Waals surface area contributed by atoms with Gasteiger partial charge in [0.15, 0.2) is 12.1 Å². The molecule has 0 N–H and O–H groups in total. The highest BCUT2D eigenvalue weighted by Crippen LogP contribution is 2.63. The van der Waals surface area contributed by atoms with Crippen LogP contribution >= 0.6 is 0 Å². The molecule has 20 heavy (non-hydrogen) atoms. The van der Waals surface area contributed by atoms with E-state index < -0.39 is 5.79 Å². The van der Waals surface area contributed by atoms with Crippen molar-refractivity contribution in [2.24, 2.45) is 23.2 Å². The van der Waals surface area contributed by atoms with Crippen molar-refractivity contribution in [3.8, 4) is 0 Å². The summed E-state index contributed by atoms with van der Waals surface area (Å²) in [7, 11) is 3.54. The maximum absolute atomic E-state index is 6.25. The van der Waals surface area contributed by atoms with Gasteiger partial charge in [-0.1, -0.05) is 32.4 Å². The largest absolute Gasteiger partial charge is 0.355 e. The molecule has 1 aliphatic heterocycles. The summed E-state index contributed by atoms with van der Waals surface area (Å²) in [5.41, 5.74) is 1.81. The molecular formula is C17H28O3. The molecule has 3 aliphatic rings. The minimum absolute atomic E-state index is 0.148. The van der Waals surface area contributed by atoms with Gasteiger partial charge in [0, 0.05) is 32.5 Å². The minimum Gasteiger partial charge on any atom is -0.355 e. The highest BCUT2D eigenvalue weighted by Gasteiger charge is 2.65. The standard InChI is InChI=1S/C17H28O3/c1-11-7-6-8-13-9-10-17(19-5)14(16(11,13)3)12(2)15(18-4)20-17/h8,11-12,14-15H,6-7,9-10H2,1-5H3/t11-,12+,14+,15+,16+,17-/m0/s1. The number of rotatable bonds is 2. The first-order valence-electron chi connectivity index (χ1n) is 7.95. The lowest BCUT2D eigenvalue weighted by atomic mass is 9.52. The van der Waals surface area contributed by atoms with Crippen molar-refractivity contribution in [2.45, 2.75) is 58.5 Å². The van der Waals surface area contributed by atoms with Crippen LogP contribution in [0.15, 0.2) is 11.6 Å². The van der Waals surface area contributed by atoms with Crippen LogP contribution in [0.4, 0.5) is 0 Å². The van der Waals surface area contributed by atoms with Crippen LogP contribution in [-0.2, 0) is 14.2 Å². The van der Waals surface area contributed by atoms with Gasteiger partial charge >= 0.3 is 0 Å². The van der Waals surface area contributed by atoms with Crippen LogP contribution in [0.2, 0.25) is 0 Å². The van der Waals surface area contributed by atoms with Crippen molar-refractivity contribution in [1.82, 2.24) is 0 Å². The summed E-state index contributed by atoms with van der Waals surface area (Å²) < 4.78 is 17.8. The molecule has 0 bridgehead atoms. The van der Waals surface area contributed by atoms with E-state index in [1.54, 1.807) is 19.8 Å². The molecule has 2 aliphatic carbocycles. The molecule has 0 spiro atoms. The molecule has 1 saturated carbocycles. The first-order chi connectivity index (χ1) is 9.49. The van der Waals surface area contributed by atoms with Gasteiger partial charge in [0.25, 0.3) is 0 Å². The molecule has 0 unspecified atom stereocenters.